The molecule has 0 bridgehead atoms. The van der Waals surface area contributed by atoms with E-state index in [9.17, 15) is 0 Å². The first-order valence-corrected chi connectivity index (χ1v) is 10.4. The Morgan fingerprint density at radius 2 is 1.74 bits per heavy atom. The summed E-state index contributed by atoms with van der Waals surface area (Å²) in [6.45, 7) is 2.04. The van der Waals surface area contributed by atoms with Gasteiger partial charge in [-0.25, -0.2) is 15.0 Å². The summed E-state index contributed by atoms with van der Waals surface area (Å²) in [5.74, 6) is 1.55. The maximum absolute atomic E-state index is 6.19. The van der Waals surface area contributed by atoms with Crippen LogP contribution in [0.1, 0.15) is 11.1 Å². The Balaban J connectivity index is 1.79. The molecule has 0 unspecified atom stereocenters. The van der Waals surface area contributed by atoms with Gasteiger partial charge in [0.2, 0.25) is 0 Å². The first-order valence-electron chi connectivity index (χ1n) is 9.83. The summed E-state index contributed by atoms with van der Waals surface area (Å²) in [6, 6.07) is 19.7. The average Bonchev–Trinajstić information content (AvgIpc) is 3.18. The van der Waals surface area contributed by atoms with E-state index in [0.29, 0.717) is 17.5 Å². The van der Waals surface area contributed by atoms with Crippen LogP contribution in [0.4, 0.5) is 5.82 Å². The van der Waals surface area contributed by atoms with Crippen molar-refractivity contribution in [1.82, 2.24) is 24.5 Å². The minimum absolute atomic E-state index is 0.414. The smallest absolute Gasteiger partial charge is 0.165 e. The number of nitrogens with zero attached hydrogens (tertiary/aromatic N) is 5. The second-order valence-electron chi connectivity index (χ2n) is 7.26. The molecule has 0 spiro atoms. The number of nitrogens with two attached hydrogens (primary N) is 1. The first-order chi connectivity index (χ1) is 15.1. The number of hydrogen-bond acceptors (Lipinski definition) is 5. The van der Waals surface area contributed by atoms with E-state index in [0.717, 1.165) is 44.9 Å². The molecule has 0 amide bonds. The van der Waals surface area contributed by atoms with Crippen LogP contribution in [0, 0.1) is 6.92 Å². The fourth-order valence-corrected chi connectivity index (χ4v) is 3.72. The molecule has 1 aromatic carbocycles. The van der Waals surface area contributed by atoms with Crippen LogP contribution >= 0.6 is 11.6 Å². The van der Waals surface area contributed by atoms with Crippen LogP contribution in [0.5, 0.6) is 0 Å². The fraction of sp³-hybridized carbons (Fsp3) is 0.0833. The largest absolute Gasteiger partial charge is 0.383 e. The Kier molecular flexibility index (Phi) is 4.84. The number of imidazole rings is 1. The van der Waals surface area contributed by atoms with Gasteiger partial charge in [-0.1, -0.05) is 12.1 Å². The van der Waals surface area contributed by atoms with Crippen molar-refractivity contribution in [2.75, 3.05) is 5.73 Å². The monoisotopic (exact) mass is 426 g/mol. The summed E-state index contributed by atoms with van der Waals surface area (Å²) in [7, 11) is 0. The van der Waals surface area contributed by atoms with E-state index in [-0.39, 0.29) is 0 Å². The maximum atomic E-state index is 6.19. The van der Waals surface area contributed by atoms with Gasteiger partial charge < -0.3 is 5.73 Å². The molecule has 5 rings (SSSR count). The number of fused-ring (bicyclic) bond motifs is 1. The summed E-state index contributed by atoms with van der Waals surface area (Å²) < 4.78 is 2.00. The first kappa shape index (κ1) is 19.2. The van der Waals surface area contributed by atoms with Gasteiger partial charge in [0.05, 0.1) is 17.0 Å². The van der Waals surface area contributed by atoms with Crippen molar-refractivity contribution in [3.05, 3.63) is 84.2 Å². The van der Waals surface area contributed by atoms with Gasteiger partial charge in [0.1, 0.15) is 11.3 Å². The highest BCUT2D eigenvalue weighted by atomic mass is 35.5. The lowest BCUT2D eigenvalue weighted by atomic mass is 10.2. The molecule has 0 aliphatic heterocycles. The standard InChI is InChI=1S/C24H19ClN6/c1-15-10-12-27-21(13-15)19-8-9-20-24(29-19)31(17-6-4-16(14-25)5-7-17)23(30-20)18-3-2-11-28-22(18)26/h2-13H,14H2,1H3,(H2,26,28). The number of aryl methyl sites for hydroxylation is 1. The highest BCUT2D eigenvalue weighted by Gasteiger charge is 2.18. The molecule has 0 saturated carbocycles. The lowest BCUT2D eigenvalue weighted by Crippen LogP contribution is -2.02. The van der Waals surface area contributed by atoms with Crippen molar-refractivity contribution >= 4 is 28.6 Å². The second-order valence-corrected chi connectivity index (χ2v) is 7.53. The molecule has 0 aliphatic carbocycles. The van der Waals surface area contributed by atoms with Crippen molar-refractivity contribution in [2.45, 2.75) is 12.8 Å². The number of halogens is 1. The number of rotatable bonds is 4. The van der Waals surface area contributed by atoms with Crippen LogP contribution < -0.4 is 5.73 Å². The molecular weight excluding hydrogens is 408 g/mol. The Labute approximate surface area is 184 Å². The molecule has 7 heteroatoms. The number of anilines is 1. The zero-order valence-corrected chi connectivity index (χ0v) is 17.6. The third-order valence-corrected chi connectivity index (χ3v) is 5.42. The molecule has 152 valence electrons. The Morgan fingerprint density at radius 3 is 2.48 bits per heavy atom. The van der Waals surface area contributed by atoms with Gasteiger partial charge in [-0.2, -0.15) is 0 Å². The van der Waals surface area contributed by atoms with Gasteiger partial charge >= 0.3 is 0 Å². The third-order valence-electron chi connectivity index (χ3n) is 5.11. The lowest BCUT2D eigenvalue weighted by molar-refractivity contribution is 1.07. The number of nitrogen functional groups attached to an aromatic ring is 1. The quantitative estimate of drug-likeness (QED) is 0.400. The third kappa shape index (κ3) is 3.51. The predicted molar refractivity (Wildman–Crippen MR) is 124 cm³/mol. The van der Waals surface area contributed by atoms with Gasteiger partial charge in [0.15, 0.2) is 11.5 Å². The number of benzene rings is 1. The molecule has 0 aliphatic rings. The normalized spacial score (nSPS) is 11.2. The Morgan fingerprint density at radius 1 is 0.903 bits per heavy atom. The van der Waals surface area contributed by atoms with E-state index in [4.69, 9.17) is 27.3 Å². The molecule has 4 heterocycles. The van der Waals surface area contributed by atoms with E-state index in [1.54, 1.807) is 12.4 Å². The van der Waals surface area contributed by atoms with E-state index in [2.05, 4.69) is 9.97 Å². The lowest BCUT2D eigenvalue weighted by Gasteiger charge is -2.11. The van der Waals surface area contributed by atoms with Crippen LogP contribution in [-0.2, 0) is 5.88 Å². The van der Waals surface area contributed by atoms with Crippen LogP contribution in [-0.4, -0.2) is 24.5 Å². The molecule has 0 radical (unpaired) electrons. The zero-order valence-electron chi connectivity index (χ0n) is 16.8. The number of aromatic nitrogens is 5. The van der Waals surface area contributed by atoms with Crippen molar-refractivity contribution in [2.24, 2.45) is 0 Å². The zero-order chi connectivity index (χ0) is 21.4. The van der Waals surface area contributed by atoms with Gasteiger partial charge in [-0.3, -0.25) is 9.55 Å². The molecule has 0 atom stereocenters. The average molecular weight is 427 g/mol. The number of hydrogen-bond donors (Lipinski definition) is 1. The minimum Gasteiger partial charge on any atom is -0.383 e. The maximum Gasteiger partial charge on any atom is 0.165 e. The van der Waals surface area contributed by atoms with Gasteiger partial charge in [-0.15, -0.1) is 11.6 Å². The van der Waals surface area contributed by atoms with Crippen molar-refractivity contribution in [1.29, 1.82) is 0 Å². The van der Waals surface area contributed by atoms with Crippen LogP contribution in [0.15, 0.2) is 73.1 Å². The van der Waals surface area contributed by atoms with E-state index in [1.165, 1.54) is 0 Å². The minimum atomic E-state index is 0.414. The topological polar surface area (TPSA) is 82.5 Å². The number of pyridine rings is 3. The summed E-state index contributed by atoms with van der Waals surface area (Å²) in [5, 5.41) is 0. The van der Waals surface area contributed by atoms with Gasteiger partial charge in [0.25, 0.3) is 0 Å². The van der Waals surface area contributed by atoms with Gasteiger partial charge in [-0.05, 0) is 66.6 Å². The summed E-state index contributed by atoms with van der Waals surface area (Å²) in [4.78, 5) is 18.5. The van der Waals surface area contributed by atoms with E-state index in [1.807, 2.05) is 72.2 Å². The number of alkyl halides is 1. The van der Waals surface area contributed by atoms with Crippen LogP contribution in [0.2, 0.25) is 0 Å². The molecule has 4 aromatic heterocycles. The highest BCUT2D eigenvalue weighted by Crippen LogP contribution is 2.31. The Bertz CT molecular complexity index is 1390. The van der Waals surface area contributed by atoms with Crippen LogP contribution in [0.3, 0.4) is 0 Å². The van der Waals surface area contributed by atoms with Crippen molar-refractivity contribution in [3.8, 4) is 28.5 Å². The van der Waals surface area contributed by atoms with Gasteiger partial charge in [0, 0.05) is 24.0 Å². The molecular formula is C24H19ClN6. The van der Waals surface area contributed by atoms with Crippen molar-refractivity contribution < 1.29 is 0 Å². The summed E-state index contributed by atoms with van der Waals surface area (Å²) >= 11 is 5.99. The van der Waals surface area contributed by atoms with E-state index < -0.39 is 0 Å². The molecule has 2 N–H and O–H groups in total. The summed E-state index contributed by atoms with van der Waals surface area (Å²) in [5.41, 5.74) is 13.1. The van der Waals surface area contributed by atoms with Crippen LogP contribution in [0.25, 0.3) is 39.6 Å². The summed E-state index contributed by atoms with van der Waals surface area (Å²) in [6.07, 6.45) is 3.46. The fourth-order valence-electron chi connectivity index (χ4n) is 3.54. The van der Waals surface area contributed by atoms with Crippen molar-refractivity contribution in [3.63, 3.8) is 0 Å². The predicted octanol–water partition coefficient (Wildman–Crippen LogP) is 5.17. The molecule has 0 saturated heterocycles. The highest BCUT2D eigenvalue weighted by molar-refractivity contribution is 6.17. The molecule has 0 fully saturated rings. The molecule has 5 aromatic rings. The SMILES string of the molecule is Cc1ccnc(-c2ccc3nc(-c4cccnc4N)n(-c4ccc(CCl)cc4)c3n2)c1. The second kappa shape index (κ2) is 7.81. The molecule has 31 heavy (non-hydrogen) atoms. The Hall–Kier alpha value is -3.77. The molecule has 6 nitrogen and oxygen atoms in total. The van der Waals surface area contributed by atoms with E-state index >= 15 is 0 Å².